The molecule has 1 heterocycles. The SMILES string of the molecule is CCC=CC=CC1(C)OC(C2C(C)C(=O)c3cc(OC)c(O)c(O)c3C2(C)O)=C(C(=O)OC)C1=O. The molecule has 1 aliphatic heterocycles. The van der Waals surface area contributed by atoms with E-state index in [1.165, 1.54) is 40.0 Å². The molecule has 0 aromatic heterocycles. The highest BCUT2D eigenvalue weighted by atomic mass is 16.5. The van der Waals surface area contributed by atoms with E-state index in [2.05, 4.69) is 0 Å². The van der Waals surface area contributed by atoms with Crippen LogP contribution in [0, 0.1) is 11.8 Å². The summed E-state index contributed by atoms with van der Waals surface area (Å²) >= 11 is 0. The summed E-state index contributed by atoms with van der Waals surface area (Å²) in [5.74, 6) is -6.19. The Labute approximate surface area is 203 Å². The first-order valence-electron chi connectivity index (χ1n) is 11.2. The number of phenolic OH excluding ortho intramolecular Hbond substituents is 2. The van der Waals surface area contributed by atoms with Crippen LogP contribution < -0.4 is 4.74 Å². The Hall–Kier alpha value is -3.59. The normalized spacial score (nSPS) is 28.5. The lowest BCUT2D eigenvalue weighted by atomic mass is 9.65. The van der Waals surface area contributed by atoms with E-state index in [4.69, 9.17) is 14.2 Å². The van der Waals surface area contributed by atoms with E-state index in [0.717, 1.165) is 13.5 Å². The molecule has 3 rings (SSSR count). The quantitative estimate of drug-likeness (QED) is 0.239. The summed E-state index contributed by atoms with van der Waals surface area (Å²) in [4.78, 5) is 39.4. The number of aliphatic hydroxyl groups is 1. The van der Waals surface area contributed by atoms with Crippen molar-refractivity contribution in [3.05, 3.63) is 52.8 Å². The summed E-state index contributed by atoms with van der Waals surface area (Å²) < 4.78 is 15.9. The number of phenols is 2. The zero-order valence-electron chi connectivity index (χ0n) is 20.5. The Bertz CT molecular complexity index is 1170. The molecule has 3 N–H and O–H groups in total. The molecule has 0 radical (unpaired) electrons. The van der Waals surface area contributed by atoms with Gasteiger partial charge in [-0.2, -0.15) is 0 Å². The van der Waals surface area contributed by atoms with Crippen LogP contribution in [-0.4, -0.2) is 52.7 Å². The molecule has 0 spiro atoms. The van der Waals surface area contributed by atoms with Crippen molar-refractivity contribution in [1.29, 1.82) is 0 Å². The smallest absolute Gasteiger partial charge is 0.345 e. The number of benzene rings is 1. The minimum absolute atomic E-state index is 0.0530. The lowest BCUT2D eigenvalue weighted by molar-refractivity contribution is -0.138. The van der Waals surface area contributed by atoms with Crippen molar-refractivity contribution in [1.82, 2.24) is 0 Å². The van der Waals surface area contributed by atoms with E-state index in [1.54, 1.807) is 12.2 Å². The fourth-order valence-electron chi connectivity index (χ4n) is 4.78. The van der Waals surface area contributed by atoms with Crippen molar-refractivity contribution in [2.75, 3.05) is 14.2 Å². The maximum atomic E-state index is 13.4. The minimum atomic E-state index is -2.04. The predicted molar refractivity (Wildman–Crippen MR) is 125 cm³/mol. The lowest BCUT2D eigenvalue weighted by Gasteiger charge is -2.43. The van der Waals surface area contributed by atoms with Gasteiger partial charge in [-0.05, 0) is 32.4 Å². The average Bonchev–Trinajstić information content (AvgIpc) is 3.06. The van der Waals surface area contributed by atoms with Crippen LogP contribution in [0.4, 0.5) is 0 Å². The largest absolute Gasteiger partial charge is 0.504 e. The molecule has 4 atom stereocenters. The zero-order chi connectivity index (χ0) is 26.3. The maximum absolute atomic E-state index is 13.4. The molecule has 0 saturated heterocycles. The highest BCUT2D eigenvalue weighted by molar-refractivity contribution is 6.23. The van der Waals surface area contributed by atoms with Gasteiger partial charge in [0.2, 0.25) is 11.5 Å². The van der Waals surface area contributed by atoms with Gasteiger partial charge in [0.05, 0.1) is 20.1 Å². The van der Waals surface area contributed by atoms with Crippen LogP contribution in [0.1, 0.15) is 50.0 Å². The van der Waals surface area contributed by atoms with E-state index >= 15 is 0 Å². The topological polar surface area (TPSA) is 140 Å². The second-order valence-corrected chi connectivity index (χ2v) is 8.94. The number of Topliss-reactive ketones (excluding diaryl/α,β-unsaturated/α-hetero) is 2. The van der Waals surface area contributed by atoms with E-state index in [-0.39, 0.29) is 22.6 Å². The summed E-state index contributed by atoms with van der Waals surface area (Å²) in [6, 6.07) is 1.23. The number of carbonyl (C=O) groups excluding carboxylic acids is 3. The van der Waals surface area contributed by atoms with Gasteiger partial charge in [-0.15, -0.1) is 0 Å². The number of hydrogen-bond acceptors (Lipinski definition) is 9. The fourth-order valence-corrected chi connectivity index (χ4v) is 4.78. The Morgan fingerprint density at radius 2 is 1.83 bits per heavy atom. The third-order valence-electron chi connectivity index (χ3n) is 6.57. The number of esters is 1. The molecule has 35 heavy (non-hydrogen) atoms. The second kappa shape index (κ2) is 9.22. The highest BCUT2D eigenvalue weighted by Gasteiger charge is 2.58. The van der Waals surface area contributed by atoms with Crippen molar-refractivity contribution < 1.29 is 43.9 Å². The molecule has 0 saturated carbocycles. The Morgan fingerprint density at radius 3 is 2.40 bits per heavy atom. The van der Waals surface area contributed by atoms with Crippen LogP contribution in [0.3, 0.4) is 0 Å². The first kappa shape index (κ1) is 26.0. The van der Waals surface area contributed by atoms with Gasteiger partial charge >= 0.3 is 5.97 Å². The number of hydrogen-bond donors (Lipinski definition) is 3. The number of ether oxygens (including phenoxy) is 3. The molecular weight excluding hydrogens is 456 g/mol. The van der Waals surface area contributed by atoms with Crippen molar-refractivity contribution in [3.8, 4) is 17.2 Å². The maximum Gasteiger partial charge on any atom is 0.345 e. The van der Waals surface area contributed by atoms with Crippen LogP contribution in [-0.2, 0) is 24.7 Å². The first-order chi connectivity index (χ1) is 16.4. The van der Waals surface area contributed by atoms with Gasteiger partial charge in [-0.3, -0.25) is 9.59 Å². The Balaban J connectivity index is 2.24. The molecule has 0 bridgehead atoms. The monoisotopic (exact) mass is 486 g/mol. The van der Waals surface area contributed by atoms with E-state index in [0.29, 0.717) is 0 Å². The Kier molecular flexibility index (Phi) is 6.86. The fraction of sp³-hybridized carbons (Fsp3) is 0.423. The van der Waals surface area contributed by atoms with Crippen molar-refractivity contribution in [2.24, 2.45) is 11.8 Å². The third kappa shape index (κ3) is 3.99. The Morgan fingerprint density at radius 1 is 1.17 bits per heavy atom. The molecule has 2 aliphatic rings. The molecule has 188 valence electrons. The molecule has 9 nitrogen and oxygen atoms in total. The summed E-state index contributed by atoms with van der Waals surface area (Å²) in [6.07, 6.45) is 7.45. The van der Waals surface area contributed by atoms with E-state index in [1.807, 2.05) is 13.0 Å². The van der Waals surface area contributed by atoms with Crippen molar-refractivity contribution >= 4 is 17.5 Å². The molecule has 1 aromatic carbocycles. The first-order valence-corrected chi connectivity index (χ1v) is 11.2. The van der Waals surface area contributed by atoms with Gasteiger partial charge < -0.3 is 29.5 Å². The number of fused-ring (bicyclic) bond motifs is 1. The lowest BCUT2D eigenvalue weighted by Crippen LogP contribution is -2.46. The molecular formula is C26H30O9. The third-order valence-corrected chi connectivity index (χ3v) is 6.57. The summed E-state index contributed by atoms with van der Waals surface area (Å²) in [5.41, 5.74) is -4.37. The van der Waals surface area contributed by atoms with Gasteiger partial charge in [-0.25, -0.2) is 4.79 Å². The molecule has 9 heteroatoms. The van der Waals surface area contributed by atoms with Crippen molar-refractivity contribution in [3.63, 3.8) is 0 Å². The number of carbonyl (C=O) groups is 3. The molecule has 4 unspecified atom stereocenters. The van der Waals surface area contributed by atoms with Gasteiger partial charge in [0.15, 0.2) is 22.9 Å². The molecule has 0 amide bonds. The summed E-state index contributed by atoms with van der Waals surface area (Å²) in [7, 11) is 2.36. The molecule has 0 fully saturated rings. The highest BCUT2D eigenvalue weighted by Crippen LogP contribution is 2.55. The van der Waals surface area contributed by atoms with E-state index < -0.39 is 57.6 Å². The van der Waals surface area contributed by atoms with Gasteiger partial charge in [0.1, 0.15) is 16.9 Å². The number of rotatable bonds is 6. The number of ketones is 2. The van der Waals surface area contributed by atoms with Gasteiger partial charge in [0, 0.05) is 17.0 Å². The van der Waals surface area contributed by atoms with Crippen LogP contribution >= 0.6 is 0 Å². The minimum Gasteiger partial charge on any atom is -0.504 e. The number of allylic oxidation sites excluding steroid dienone is 3. The van der Waals surface area contributed by atoms with Crippen molar-refractivity contribution in [2.45, 2.75) is 45.3 Å². The zero-order valence-corrected chi connectivity index (χ0v) is 20.5. The standard InChI is InChI=1S/C26H30O9/c1-7-8-9-10-11-25(3)23(30)16(24(31)34-6)22(35-25)17-13(2)19(27)14-12-15(33-5)20(28)21(29)18(14)26(17,4)32/h8-13,17,28-29,32H,7H2,1-6H3. The predicted octanol–water partition coefficient (Wildman–Crippen LogP) is 3.07. The van der Waals surface area contributed by atoms with Crippen LogP contribution in [0.15, 0.2) is 41.7 Å². The van der Waals surface area contributed by atoms with Crippen LogP contribution in [0.25, 0.3) is 0 Å². The summed E-state index contributed by atoms with van der Waals surface area (Å²) in [5, 5.41) is 32.8. The van der Waals surface area contributed by atoms with Crippen LogP contribution in [0.2, 0.25) is 0 Å². The summed E-state index contributed by atoms with van der Waals surface area (Å²) in [6.45, 7) is 6.25. The molecule has 1 aliphatic carbocycles. The van der Waals surface area contributed by atoms with E-state index in [9.17, 15) is 29.7 Å². The average molecular weight is 487 g/mol. The number of aromatic hydroxyl groups is 2. The van der Waals surface area contributed by atoms with Crippen LogP contribution in [0.5, 0.6) is 17.2 Å². The van der Waals surface area contributed by atoms with Gasteiger partial charge in [0.25, 0.3) is 0 Å². The number of methoxy groups -OCH3 is 2. The second-order valence-electron chi connectivity index (χ2n) is 8.94. The molecule has 1 aromatic rings. The van der Waals surface area contributed by atoms with Gasteiger partial charge in [-0.1, -0.05) is 32.1 Å².